The number of nitrogens with one attached hydrogen (secondary N) is 2. The molecule has 0 radical (unpaired) electrons. The molecule has 6 aromatic rings. The van der Waals surface area contributed by atoms with Crippen LogP contribution in [0.15, 0.2) is 182 Å². The van der Waals surface area contributed by atoms with Gasteiger partial charge in [0.2, 0.25) is 5.91 Å². The lowest BCUT2D eigenvalue weighted by Crippen LogP contribution is -2.58. The Balaban J connectivity index is 1.55. The highest BCUT2D eigenvalue weighted by molar-refractivity contribution is 8.00. The van der Waals surface area contributed by atoms with Crippen molar-refractivity contribution in [1.82, 2.24) is 10.6 Å². The lowest BCUT2D eigenvalue weighted by atomic mass is 9.76. The third kappa shape index (κ3) is 8.56. The summed E-state index contributed by atoms with van der Waals surface area (Å²) < 4.78 is 9.18. The molecule has 6 rings (SSSR count). The van der Waals surface area contributed by atoms with Crippen LogP contribution >= 0.6 is 11.8 Å². The summed E-state index contributed by atoms with van der Waals surface area (Å²) in [5, 5.41) is 6.75. The van der Waals surface area contributed by atoms with Crippen molar-refractivity contribution in [2.45, 2.75) is 28.8 Å². The number of amides is 1. The van der Waals surface area contributed by atoms with E-state index in [2.05, 4.69) is 47.0 Å². The predicted octanol–water partition coefficient (Wildman–Crippen LogP) is 7.88. The second kappa shape index (κ2) is 18.4. The van der Waals surface area contributed by atoms with Gasteiger partial charge in [-0.3, -0.25) is 14.9 Å². The molecule has 0 spiro atoms. The molecular weight excluding hydrogens is 705 g/mol. The van der Waals surface area contributed by atoms with E-state index < -0.39 is 46.6 Å². The topological polar surface area (TPSA) is 93.7 Å². The van der Waals surface area contributed by atoms with E-state index in [1.165, 1.54) is 14.2 Å². The monoisotopic (exact) mass is 748 g/mol. The summed E-state index contributed by atoms with van der Waals surface area (Å²) in [6, 6.07) is 58.7. The normalized spacial score (nSPS) is 12.5. The second-order valence-corrected chi connectivity index (χ2v) is 14.2. The molecule has 8 heteroatoms. The maximum Gasteiger partial charge on any atom is 0.328 e. The summed E-state index contributed by atoms with van der Waals surface area (Å²) in [6.07, 6.45) is -0.391. The predicted molar refractivity (Wildman–Crippen MR) is 218 cm³/mol. The van der Waals surface area contributed by atoms with Gasteiger partial charge in [0, 0.05) is 5.75 Å². The molecule has 0 aliphatic heterocycles. The van der Waals surface area contributed by atoms with Crippen LogP contribution in [0.1, 0.15) is 39.8 Å². The van der Waals surface area contributed by atoms with E-state index in [1.54, 1.807) is 11.8 Å². The fourth-order valence-corrected chi connectivity index (χ4v) is 8.65. The Labute approximate surface area is 327 Å². The van der Waals surface area contributed by atoms with Crippen molar-refractivity contribution in [3.05, 3.63) is 215 Å². The first-order chi connectivity index (χ1) is 26.9. The number of carbonyl (C=O) groups is 3. The zero-order valence-corrected chi connectivity index (χ0v) is 31.7. The average molecular weight is 749 g/mol. The number of hydrogen-bond donors (Lipinski definition) is 2. The number of esters is 2. The third-order valence-electron chi connectivity index (χ3n) is 9.74. The number of rotatable bonds is 16. The summed E-state index contributed by atoms with van der Waals surface area (Å²) in [7, 11) is 2.47. The van der Waals surface area contributed by atoms with Gasteiger partial charge in [-0.25, -0.2) is 4.79 Å². The first-order valence-corrected chi connectivity index (χ1v) is 19.1. The van der Waals surface area contributed by atoms with Crippen LogP contribution < -0.4 is 10.6 Å². The molecule has 7 nitrogen and oxygen atoms in total. The summed E-state index contributed by atoms with van der Waals surface area (Å²) in [4.78, 5) is 40.6. The van der Waals surface area contributed by atoms with Crippen molar-refractivity contribution in [1.29, 1.82) is 0 Å². The largest absolute Gasteiger partial charge is 0.469 e. The molecule has 2 unspecified atom stereocenters. The van der Waals surface area contributed by atoms with Crippen molar-refractivity contribution < 1.29 is 23.9 Å². The number of methoxy groups -OCH3 is 2. The molecule has 0 aromatic heterocycles. The minimum absolute atomic E-state index is 0.227. The zero-order valence-electron chi connectivity index (χ0n) is 30.8. The second-order valence-electron chi connectivity index (χ2n) is 13.0. The Morgan fingerprint density at radius 3 is 1.18 bits per heavy atom. The number of ether oxygens (including phenoxy) is 2. The molecule has 0 heterocycles. The SMILES string of the molecule is COC(=O)CC(NC(=O)C(CSC(c1ccccc1)(c1ccccc1)c1ccccc1)NC(c1ccccc1)(c1ccccc1)c1ccccc1)C(=O)OC. The van der Waals surface area contributed by atoms with Crippen LogP contribution in [0, 0.1) is 0 Å². The minimum atomic E-state index is -1.28. The van der Waals surface area contributed by atoms with Crippen LogP contribution in [0.25, 0.3) is 0 Å². The number of carbonyl (C=O) groups excluding carboxylic acids is 3. The van der Waals surface area contributed by atoms with Gasteiger partial charge in [-0.1, -0.05) is 182 Å². The van der Waals surface area contributed by atoms with E-state index in [1.807, 2.05) is 146 Å². The Hall–Kier alpha value is -5.96. The summed E-state index contributed by atoms with van der Waals surface area (Å²) >= 11 is 1.62. The van der Waals surface area contributed by atoms with Crippen molar-refractivity contribution in [3.63, 3.8) is 0 Å². The van der Waals surface area contributed by atoms with Crippen molar-refractivity contribution in [3.8, 4) is 0 Å². The van der Waals surface area contributed by atoms with Crippen molar-refractivity contribution in [2.24, 2.45) is 0 Å². The Kier molecular flexibility index (Phi) is 13.0. The molecule has 2 atom stereocenters. The van der Waals surface area contributed by atoms with E-state index in [-0.39, 0.29) is 5.75 Å². The van der Waals surface area contributed by atoms with Crippen molar-refractivity contribution >= 4 is 29.6 Å². The van der Waals surface area contributed by atoms with Gasteiger partial charge in [-0.05, 0) is 33.4 Å². The summed E-state index contributed by atoms with van der Waals surface area (Å²) in [5.41, 5.74) is 4.81. The van der Waals surface area contributed by atoms with E-state index in [0.29, 0.717) is 0 Å². The van der Waals surface area contributed by atoms with Crippen LogP contribution in [0.4, 0.5) is 0 Å². The van der Waals surface area contributed by atoms with Gasteiger partial charge < -0.3 is 14.8 Å². The van der Waals surface area contributed by atoms with Crippen LogP contribution in [-0.2, 0) is 34.1 Å². The standard InChI is InChI=1S/C47H44N2O5S/c1-53-43(50)33-41(45(52)54-2)48-44(51)42(49-46(35-21-9-3-10-22-35,36-23-11-4-12-24-36)37-25-13-5-14-26-37)34-55-47(38-27-15-6-16-28-38,39-29-17-7-18-30-39)40-31-19-8-20-32-40/h3-32,41-42,49H,33-34H2,1-2H3,(H,48,51). The highest BCUT2D eigenvalue weighted by Gasteiger charge is 2.43. The summed E-state index contributed by atoms with van der Waals surface area (Å²) in [6.45, 7) is 0. The number of thioether (sulfide) groups is 1. The van der Waals surface area contributed by atoms with Gasteiger partial charge in [-0.2, -0.15) is 0 Å². The Morgan fingerprint density at radius 2 is 0.855 bits per heavy atom. The van der Waals surface area contributed by atoms with Gasteiger partial charge >= 0.3 is 11.9 Å². The van der Waals surface area contributed by atoms with Crippen LogP contribution in [0.3, 0.4) is 0 Å². The average Bonchev–Trinajstić information content (AvgIpc) is 3.26. The highest BCUT2D eigenvalue weighted by Crippen LogP contribution is 2.49. The maximum atomic E-state index is 15.0. The first kappa shape index (κ1) is 38.8. The lowest BCUT2D eigenvalue weighted by molar-refractivity contribution is -0.150. The number of hydrogen-bond acceptors (Lipinski definition) is 7. The van der Waals surface area contributed by atoms with E-state index >= 15 is 0 Å². The highest BCUT2D eigenvalue weighted by atomic mass is 32.2. The fourth-order valence-electron chi connectivity index (χ4n) is 7.09. The van der Waals surface area contributed by atoms with Crippen LogP contribution in [0.2, 0.25) is 0 Å². The minimum Gasteiger partial charge on any atom is -0.469 e. The number of benzene rings is 6. The van der Waals surface area contributed by atoms with E-state index in [9.17, 15) is 14.4 Å². The first-order valence-electron chi connectivity index (χ1n) is 18.1. The smallest absolute Gasteiger partial charge is 0.328 e. The molecule has 0 saturated heterocycles. The van der Waals surface area contributed by atoms with Gasteiger partial charge in [0.25, 0.3) is 0 Å². The van der Waals surface area contributed by atoms with Crippen LogP contribution in [-0.4, -0.2) is 49.9 Å². The fraction of sp³-hybridized carbons (Fsp3) is 0.170. The van der Waals surface area contributed by atoms with E-state index in [0.717, 1.165) is 33.4 Å². The molecule has 0 bridgehead atoms. The van der Waals surface area contributed by atoms with Crippen molar-refractivity contribution in [2.75, 3.05) is 20.0 Å². The molecule has 0 fully saturated rings. The zero-order chi connectivity index (χ0) is 38.5. The van der Waals surface area contributed by atoms with Gasteiger partial charge in [0.05, 0.1) is 37.0 Å². The molecule has 1 amide bonds. The van der Waals surface area contributed by atoms with Gasteiger partial charge in [-0.15, -0.1) is 11.8 Å². The van der Waals surface area contributed by atoms with E-state index in [4.69, 9.17) is 9.47 Å². The van der Waals surface area contributed by atoms with Gasteiger partial charge in [0.1, 0.15) is 6.04 Å². The molecule has 278 valence electrons. The molecule has 0 aliphatic rings. The molecule has 55 heavy (non-hydrogen) atoms. The van der Waals surface area contributed by atoms with Gasteiger partial charge in [0.15, 0.2) is 0 Å². The molecule has 6 aromatic carbocycles. The molecular formula is C47H44N2O5S. The quantitative estimate of drug-likeness (QED) is 0.0769. The summed E-state index contributed by atoms with van der Waals surface area (Å²) in [5.74, 6) is -1.66. The molecule has 2 N–H and O–H groups in total. The maximum absolute atomic E-state index is 15.0. The molecule has 0 aliphatic carbocycles. The van der Waals surface area contributed by atoms with Crippen LogP contribution in [0.5, 0.6) is 0 Å². The molecule has 0 saturated carbocycles. The Morgan fingerprint density at radius 1 is 0.509 bits per heavy atom. The third-order valence-corrected chi connectivity index (χ3v) is 11.4. The lowest BCUT2D eigenvalue weighted by Gasteiger charge is -2.41. The Bertz CT molecular complexity index is 1930.